The van der Waals surface area contributed by atoms with E-state index < -0.39 is 13.0 Å². The van der Waals surface area contributed by atoms with Gasteiger partial charge < -0.3 is 20.7 Å². The maximum absolute atomic E-state index is 11.9. The SMILES string of the molecule is CC1=C(C)c2cc(Nc3nn(C4CCCC4)cc3C(N)=O)cc(C)c2OB1O. The van der Waals surface area contributed by atoms with Crippen LogP contribution in [-0.2, 0) is 0 Å². The van der Waals surface area contributed by atoms with Crippen LogP contribution in [0.25, 0.3) is 5.57 Å². The fourth-order valence-electron chi connectivity index (χ4n) is 4.04. The monoisotopic (exact) mass is 380 g/mol. The highest BCUT2D eigenvalue weighted by Crippen LogP contribution is 2.39. The molecule has 0 bridgehead atoms. The smallest absolute Gasteiger partial charge is 0.532 e. The molecule has 8 heteroatoms. The van der Waals surface area contributed by atoms with Crippen molar-refractivity contribution < 1.29 is 14.5 Å². The summed E-state index contributed by atoms with van der Waals surface area (Å²) in [5.74, 6) is 0.640. The standard InChI is InChI=1S/C20H25BN4O3/c1-11-8-14(9-16-12(2)13(3)21(27)28-18(11)16)23-20-17(19(22)26)10-25(24-20)15-6-4-5-7-15/h8-10,15,27H,4-7H2,1-3H3,(H2,22,26)(H,23,24). The molecule has 4 rings (SSSR count). The summed E-state index contributed by atoms with van der Waals surface area (Å²) in [6.45, 7) is 5.75. The summed E-state index contributed by atoms with van der Waals surface area (Å²) >= 11 is 0. The van der Waals surface area contributed by atoms with E-state index in [2.05, 4.69) is 10.4 Å². The van der Waals surface area contributed by atoms with Crippen LogP contribution in [0.1, 0.15) is 67.1 Å². The first-order valence-corrected chi connectivity index (χ1v) is 9.68. The minimum atomic E-state index is -0.923. The normalized spacial score (nSPS) is 16.9. The van der Waals surface area contributed by atoms with Crippen molar-refractivity contribution in [3.63, 3.8) is 0 Å². The third-order valence-electron chi connectivity index (χ3n) is 5.83. The predicted octanol–water partition coefficient (Wildman–Crippen LogP) is 3.35. The van der Waals surface area contributed by atoms with Gasteiger partial charge >= 0.3 is 7.12 Å². The van der Waals surface area contributed by atoms with E-state index in [0.717, 1.165) is 40.7 Å². The number of aryl methyl sites for hydroxylation is 1. The number of amides is 1. The molecule has 1 aromatic heterocycles. The zero-order valence-electron chi connectivity index (χ0n) is 16.5. The Hall–Kier alpha value is -2.74. The molecular weight excluding hydrogens is 355 g/mol. The van der Waals surface area contributed by atoms with Crippen LogP contribution >= 0.6 is 0 Å². The Morgan fingerprint density at radius 3 is 2.71 bits per heavy atom. The van der Waals surface area contributed by atoms with Crippen LogP contribution in [0.3, 0.4) is 0 Å². The molecule has 28 heavy (non-hydrogen) atoms. The summed E-state index contributed by atoms with van der Waals surface area (Å²) in [5, 5.41) is 17.9. The zero-order valence-corrected chi connectivity index (χ0v) is 16.5. The van der Waals surface area contributed by atoms with E-state index in [1.54, 1.807) is 6.20 Å². The highest BCUT2D eigenvalue weighted by Gasteiger charge is 2.29. The van der Waals surface area contributed by atoms with Gasteiger partial charge in [-0.2, -0.15) is 5.10 Å². The molecule has 1 aliphatic heterocycles. The fourth-order valence-corrected chi connectivity index (χ4v) is 4.04. The molecule has 0 radical (unpaired) electrons. The highest BCUT2D eigenvalue weighted by molar-refractivity contribution is 6.55. The Balaban J connectivity index is 1.71. The van der Waals surface area contributed by atoms with Gasteiger partial charge in [0.2, 0.25) is 0 Å². The van der Waals surface area contributed by atoms with Gasteiger partial charge in [-0.1, -0.05) is 12.8 Å². The second-order valence-corrected chi connectivity index (χ2v) is 7.75. The van der Waals surface area contributed by atoms with Gasteiger partial charge in [0.15, 0.2) is 5.82 Å². The Morgan fingerprint density at radius 2 is 2.04 bits per heavy atom. The number of hydrogen-bond donors (Lipinski definition) is 3. The Bertz CT molecular complexity index is 976. The largest absolute Gasteiger partial charge is 0.555 e. The molecule has 0 atom stereocenters. The number of anilines is 2. The average molecular weight is 380 g/mol. The number of primary amides is 1. The maximum atomic E-state index is 11.9. The lowest BCUT2D eigenvalue weighted by Crippen LogP contribution is -2.28. The van der Waals surface area contributed by atoms with Crippen LogP contribution in [0.15, 0.2) is 23.8 Å². The molecule has 1 saturated carbocycles. The molecule has 1 aromatic carbocycles. The van der Waals surface area contributed by atoms with E-state index in [-0.39, 0.29) is 0 Å². The molecule has 0 spiro atoms. The number of benzene rings is 1. The van der Waals surface area contributed by atoms with Crippen molar-refractivity contribution in [3.8, 4) is 5.75 Å². The molecule has 2 aliphatic rings. The number of fused-ring (bicyclic) bond motifs is 1. The molecule has 1 fully saturated rings. The fraction of sp³-hybridized carbons (Fsp3) is 0.400. The topological polar surface area (TPSA) is 102 Å². The zero-order chi connectivity index (χ0) is 20.0. The van der Waals surface area contributed by atoms with Crippen molar-refractivity contribution in [2.24, 2.45) is 5.73 Å². The van der Waals surface area contributed by atoms with Crippen LogP contribution in [0.4, 0.5) is 11.5 Å². The summed E-state index contributed by atoms with van der Waals surface area (Å²) in [6.07, 6.45) is 6.25. The van der Waals surface area contributed by atoms with Gasteiger partial charge in [-0.15, -0.1) is 0 Å². The summed E-state index contributed by atoms with van der Waals surface area (Å²) in [4.78, 5) is 11.9. The molecule has 2 heterocycles. The molecule has 146 valence electrons. The lowest BCUT2D eigenvalue weighted by molar-refractivity contribution is 0.100. The number of carbonyl (C=O) groups excluding carboxylic acids is 1. The number of aromatic nitrogens is 2. The summed E-state index contributed by atoms with van der Waals surface area (Å²) < 4.78 is 7.53. The summed E-state index contributed by atoms with van der Waals surface area (Å²) in [6, 6.07) is 4.19. The van der Waals surface area contributed by atoms with Crippen LogP contribution in [0.2, 0.25) is 0 Å². The van der Waals surface area contributed by atoms with Crippen LogP contribution in [0, 0.1) is 6.92 Å². The first-order chi connectivity index (χ1) is 13.3. The quantitative estimate of drug-likeness (QED) is 0.706. The molecule has 0 unspecified atom stereocenters. The second kappa shape index (κ2) is 7.02. The van der Waals surface area contributed by atoms with Gasteiger partial charge in [-0.05, 0) is 62.4 Å². The van der Waals surface area contributed by atoms with E-state index in [1.165, 1.54) is 12.8 Å². The van der Waals surface area contributed by atoms with Gasteiger partial charge in [0.25, 0.3) is 5.91 Å². The van der Waals surface area contributed by atoms with Crippen molar-refractivity contribution in [2.75, 3.05) is 5.32 Å². The molecule has 4 N–H and O–H groups in total. The van der Waals surface area contributed by atoms with Crippen LogP contribution in [0.5, 0.6) is 5.75 Å². The third kappa shape index (κ3) is 3.18. The molecule has 2 aromatic rings. The van der Waals surface area contributed by atoms with Crippen molar-refractivity contribution >= 4 is 30.1 Å². The van der Waals surface area contributed by atoms with E-state index in [0.29, 0.717) is 23.2 Å². The first-order valence-electron chi connectivity index (χ1n) is 9.68. The number of nitrogens with two attached hydrogens (primary N) is 1. The molecule has 7 nitrogen and oxygen atoms in total. The van der Waals surface area contributed by atoms with Crippen molar-refractivity contribution in [1.82, 2.24) is 9.78 Å². The minimum Gasteiger partial charge on any atom is -0.532 e. The Labute approximate surface area is 164 Å². The number of carbonyl (C=O) groups is 1. The summed E-state index contributed by atoms with van der Waals surface area (Å²) in [5.41, 5.74) is 10.3. The summed E-state index contributed by atoms with van der Waals surface area (Å²) in [7, 11) is -0.923. The highest BCUT2D eigenvalue weighted by atomic mass is 16.5. The minimum absolute atomic E-state index is 0.321. The average Bonchev–Trinajstić information content (AvgIpc) is 3.30. The molecule has 0 saturated heterocycles. The van der Waals surface area contributed by atoms with E-state index in [9.17, 15) is 9.82 Å². The molecular formula is C20H25BN4O3. The van der Waals surface area contributed by atoms with Crippen LogP contribution < -0.4 is 15.7 Å². The van der Waals surface area contributed by atoms with Crippen molar-refractivity contribution in [1.29, 1.82) is 0 Å². The van der Waals surface area contributed by atoms with Crippen LogP contribution in [-0.4, -0.2) is 27.8 Å². The lowest BCUT2D eigenvalue weighted by atomic mass is 9.73. The van der Waals surface area contributed by atoms with E-state index in [4.69, 9.17) is 10.4 Å². The van der Waals surface area contributed by atoms with Gasteiger partial charge in [-0.3, -0.25) is 9.48 Å². The molecule has 1 amide bonds. The van der Waals surface area contributed by atoms with Gasteiger partial charge in [0.1, 0.15) is 11.3 Å². The van der Waals surface area contributed by atoms with Gasteiger partial charge in [0, 0.05) is 17.4 Å². The lowest BCUT2D eigenvalue weighted by Gasteiger charge is -2.25. The number of rotatable bonds is 4. The van der Waals surface area contributed by atoms with Crippen molar-refractivity contribution in [3.05, 3.63) is 40.5 Å². The number of allylic oxidation sites excluding steroid dienone is 2. The first kappa shape index (κ1) is 18.6. The number of nitrogens with one attached hydrogen (secondary N) is 1. The maximum Gasteiger partial charge on any atom is 0.555 e. The Kier molecular flexibility index (Phi) is 4.67. The van der Waals surface area contributed by atoms with Gasteiger partial charge in [0.05, 0.1) is 6.04 Å². The Morgan fingerprint density at radius 1 is 1.32 bits per heavy atom. The van der Waals surface area contributed by atoms with E-state index >= 15 is 0 Å². The van der Waals surface area contributed by atoms with E-state index in [1.807, 2.05) is 37.6 Å². The predicted molar refractivity (Wildman–Crippen MR) is 110 cm³/mol. The van der Waals surface area contributed by atoms with Gasteiger partial charge in [-0.25, -0.2) is 0 Å². The number of hydrogen-bond acceptors (Lipinski definition) is 5. The van der Waals surface area contributed by atoms with Crippen molar-refractivity contribution in [2.45, 2.75) is 52.5 Å². The molecule has 1 aliphatic carbocycles. The second-order valence-electron chi connectivity index (χ2n) is 7.75. The number of nitrogens with zero attached hydrogens (tertiary/aromatic N) is 2. The third-order valence-corrected chi connectivity index (χ3v) is 5.83.